The molecule has 1 fully saturated rings. The van der Waals surface area contributed by atoms with Gasteiger partial charge in [0.1, 0.15) is 6.29 Å². The third-order valence-corrected chi connectivity index (χ3v) is 5.80. The second-order valence-electron chi connectivity index (χ2n) is 3.92. The molecule has 1 saturated heterocycles. The third-order valence-electron chi connectivity index (χ3n) is 2.80. The van der Waals surface area contributed by atoms with Gasteiger partial charge in [-0.2, -0.15) is 0 Å². The van der Waals surface area contributed by atoms with Crippen LogP contribution >= 0.6 is 21.6 Å². The van der Waals surface area contributed by atoms with Crippen molar-refractivity contribution in [3.8, 4) is 0 Å². The maximum absolute atomic E-state index is 10.6. The number of rotatable bonds is 7. The summed E-state index contributed by atoms with van der Waals surface area (Å²) < 4.78 is 0. The number of unbranched alkanes of at least 4 members (excludes halogenated alkanes) is 1. The molecule has 1 nitrogen and oxygen atoms in total. The largest absolute Gasteiger partial charge is 0.303 e. The van der Waals surface area contributed by atoms with Crippen molar-refractivity contribution in [2.24, 2.45) is 5.92 Å². The summed E-state index contributed by atoms with van der Waals surface area (Å²) in [7, 11) is 4.08. The Bertz CT molecular complexity index is 155. The molecule has 2 atom stereocenters. The van der Waals surface area contributed by atoms with E-state index in [9.17, 15) is 4.79 Å². The Hall–Kier alpha value is 0.370. The molecular formula is C11H20OS2. The van der Waals surface area contributed by atoms with Gasteiger partial charge in [0, 0.05) is 16.9 Å². The van der Waals surface area contributed by atoms with E-state index in [2.05, 4.69) is 17.7 Å². The second kappa shape index (κ2) is 7.63. The molecule has 1 aliphatic rings. The number of hydrogen-bond donors (Lipinski definition) is 0. The van der Waals surface area contributed by atoms with Crippen molar-refractivity contribution in [1.82, 2.24) is 0 Å². The molecule has 0 bridgehead atoms. The van der Waals surface area contributed by atoms with Gasteiger partial charge in [0.2, 0.25) is 0 Å². The van der Waals surface area contributed by atoms with Crippen molar-refractivity contribution < 1.29 is 4.79 Å². The van der Waals surface area contributed by atoms with Crippen LogP contribution in [0.5, 0.6) is 0 Å². The third kappa shape index (κ3) is 4.74. The van der Waals surface area contributed by atoms with Crippen molar-refractivity contribution in [2.75, 3.05) is 5.75 Å². The van der Waals surface area contributed by atoms with Crippen LogP contribution in [0.2, 0.25) is 0 Å². The number of aldehydes is 1. The molecule has 0 aliphatic carbocycles. The highest BCUT2D eigenvalue weighted by Gasteiger charge is 2.15. The lowest BCUT2D eigenvalue weighted by Gasteiger charge is -2.09. The molecule has 0 N–H and O–H groups in total. The monoisotopic (exact) mass is 232 g/mol. The second-order valence-corrected chi connectivity index (χ2v) is 6.71. The Morgan fingerprint density at radius 3 is 2.93 bits per heavy atom. The molecule has 2 unspecified atom stereocenters. The van der Waals surface area contributed by atoms with Gasteiger partial charge in [0.05, 0.1) is 0 Å². The highest BCUT2D eigenvalue weighted by atomic mass is 33.1. The van der Waals surface area contributed by atoms with Crippen molar-refractivity contribution >= 4 is 27.9 Å². The fraction of sp³-hybridized carbons (Fsp3) is 0.909. The zero-order valence-corrected chi connectivity index (χ0v) is 10.5. The van der Waals surface area contributed by atoms with Crippen molar-refractivity contribution in [3.63, 3.8) is 0 Å². The first-order valence-corrected chi connectivity index (χ1v) is 7.98. The predicted octanol–water partition coefficient (Wildman–Crippen LogP) is 3.93. The van der Waals surface area contributed by atoms with Crippen LogP contribution in [0.3, 0.4) is 0 Å². The van der Waals surface area contributed by atoms with Crippen molar-refractivity contribution in [1.29, 1.82) is 0 Å². The van der Waals surface area contributed by atoms with E-state index in [1.165, 1.54) is 31.4 Å². The van der Waals surface area contributed by atoms with Crippen molar-refractivity contribution in [3.05, 3.63) is 0 Å². The summed E-state index contributed by atoms with van der Waals surface area (Å²) in [5.74, 6) is 1.65. The maximum atomic E-state index is 10.6. The average molecular weight is 232 g/mol. The maximum Gasteiger partial charge on any atom is 0.123 e. The molecule has 3 heteroatoms. The van der Waals surface area contributed by atoms with E-state index in [4.69, 9.17) is 0 Å². The molecule has 0 saturated carbocycles. The van der Waals surface area contributed by atoms with E-state index < -0.39 is 0 Å². The van der Waals surface area contributed by atoms with Gasteiger partial charge in [0.25, 0.3) is 0 Å². The molecule has 1 rings (SSSR count). The average Bonchev–Trinajstić information content (AvgIpc) is 2.71. The van der Waals surface area contributed by atoms with Crippen LogP contribution in [0.15, 0.2) is 0 Å². The number of carbonyl (C=O) groups excluding carboxylic acids is 1. The summed E-state index contributed by atoms with van der Waals surface area (Å²) in [6.45, 7) is 2.10. The summed E-state index contributed by atoms with van der Waals surface area (Å²) >= 11 is 0. The van der Waals surface area contributed by atoms with Crippen LogP contribution in [0.25, 0.3) is 0 Å². The van der Waals surface area contributed by atoms with Crippen molar-refractivity contribution in [2.45, 2.75) is 50.7 Å². The molecule has 0 amide bonds. The van der Waals surface area contributed by atoms with Crippen LogP contribution in [0.1, 0.15) is 45.4 Å². The summed E-state index contributed by atoms with van der Waals surface area (Å²) in [6.07, 6.45) is 8.52. The summed E-state index contributed by atoms with van der Waals surface area (Å²) in [5.41, 5.74) is 0. The normalized spacial score (nSPS) is 23.6. The molecule has 1 aliphatic heterocycles. The lowest BCUT2D eigenvalue weighted by molar-refractivity contribution is -0.111. The fourth-order valence-corrected chi connectivity index (χ4v) is 4.74. The van der Waals surface area contributed by atoms with Gasteiger partial charge in [0.15, 0.2) is 0 Å². The van der Waals surface area contributed by atoms with Gasteiger partial charge >= 0.3 is 0 Å². The first-order chi connectivity index (χ1) is 6.86. The fourth-order valence-electron chi connectivity index (χ4n) is 1.71. The van der Waals surface area contributed by atoms with Gasteiger partial charge in [-0.1, -0.05) is 41.4 Å². The van der Waals surface area contributed by atoms with Gasteiger partial charge in [-0.15, -0.1) is 0 Å². The first kappa shape index (κ1) is 12.4. The van der Waals surface area contributed by atoms with E-state index in [0.29, 0.717) is 5.92 Å². The minimum Gasteiger partial charge on any atom is -0.303 e. The van der Waals surface area contributed by atoms with Gasteiger partial charge in [-0.05, 0) is 25.7 Å². The Morgan fingerprint density at radius 1 is 1.50 bits per heavy atom. The van der Waals surface area contributed by atoms with E-state index >= 15 is 0 Å². The summed E-state index contributed by atoms with van der Waals surface area (Å²) in [6, 6.07) is 0. The highest BCUT2D eigenvalue weighted by Crippen LogP contribution is 2.39. The molecule has 82 valence electrons. The van der Waals surface area contributed by atoms with Crippen LogP contribution < -0.4 is 0 Å². The molecule has 0 spiro atoms. The van der Waals surface area contributed by atoms with Gasteiger partial charge in [-0.25, -0.2) is 0 Å². The zero-order chi connectivity index (χ0) is 10.2. The van der Waals surface area contributed by atoms with Gasteiger partial charge in [-0.3, -0.25) is 0 Å². The molecule has 1 heterocycles. The standard InChI is InChI=1S/C11H20OS2/c1-2-10(9-12)5-3-4-6-11-7-8-13-14-11/h9-11H,2-8H2,1H3. The molecule has 0 aromatic rings. The van der Waals surface area contributed by atoms with E-state index in [1.54, 1.807) is 0 Å². The molecule has 0 radical (unpaired) electrons. The van der Waals surface area contributed by atoms with Crippen LogP contribution in [0, 0.1) is 5.92 Å². The summed E-state index contributed by atoms with van der Waals surface area (Å²) in [4.78, 5) is 10.6. The number of carbonyl (C=O) groups is 1. The first-order valence-electron chi connectivity index (χ1n) is 5.60. The Kier molecular flexibility index (Phi) is 6.78. The number of hydrogen-bond acceptors (Lipinski definition) is 3. The highest BCUT2D eigenvalue weighted by molar-refractivity contribution is 8.77. The smallest absolute Gasteiger partial charge is 0.123 e. The quantitative estimate of drug-likeness (QED) is 0.376. The molecular weight excluding hydrogens is 212 g/mol. The SMILES string of the molecule is CCC(C=O)CCCCC1CCSS1. The lowest BCUT2D eigenvalue weighted by atomic mass is 9.99. The Morgan fingerprint density at radius 2 is 2.36 bits per heavy atom. The van der Waals surface area contributed by atoms with E-state index in [1.807, 2.05) is 10.8 Å². The minimum absolute atomic E-state index is 0.320. The molecule has 14 heavy (non-hydrogen) atoms. The summed E-state index contributed by atoms with van der Waals surface area (Å²) in [5, 5.41) is 0.899. The van der Waals surface area contributed by atoms with Gasteiger partial charge < -0.3 is 4.79 Å². The zero-order valence-electron chi connectivity index (χ0n) is 8.91. The van der Waals surface area contributed by atoms with Crippen LogP contribution in [0.4, 0.5) is 0 Å². The predicted molar refractivity (Wildman–Crippen MR) is 66.8 cm³/mol. The van der Waals surface area contributed by atoms with Crippen LogP contribution in [-0.2, 0) is 4.79 Å². The Balaban J connectivity index is 1.95. The van der Waals surface area contributed by atoms with Crippen LogP contribution in [-0.4, -0.2) is 17.3 Å². The topological polar surface area (TPSA) is 17.1 Å². The molecule has 0 aromatic heterocycles. The molecule has 0 aromatic carbocycles. The van der Waals surface area contributed by atoms with E-state index in [0.717, 1.165) is 24.4 Å². The Labute approximate surface area is 95.2 Å². The lowest BCUT2D eigenvalue weighted by Crippen LogP contribution is -2.01. The minimum atomic E-state index is 0.320. The van der Waals surface area contributed by atoms with E-state index in [-0.39, 0.29) is 0 Å².